The number of hydrogen-bond donors (Lipinski definition) is 0. The summed E-state index contributed by atoms with van der Waals surface area (Å²) in [4.78, 5) is 3.79. The molecule has 0 aliphatic carbocycles. The lowest BCUT2D eigenvalue weighted by Gasteiger charge is -1.60. The molecule has 0 saturated carbocycles. The Morgan fingerprint density at radius 2 is 2.43 bits per heavy atom. The van der Waals surface area contributed by atoms with Gasteiger partial charge in [0.05, 0.1) is 15.5 Å². The molecule has 0 aliphatic rings. The largest absolute Gasteiger partial charge is 0.252 e. The fourth-order valence-corrected chi connectivity index (χ4v) is 0.913. The third-order valence-corrected chi connectivity index (χ3v) is 1.73. The van der Waals surface area contributed by atoms with Gasteiger partial charge in [-0.1, -0.05) is 0 Å². The van der Waals surface area contributed by atoms with Gasteiger partial charge in [0.1, 0.15) is 0 Å². The van der Waals surface area contributed by atoms with Crippen molar-refractivity contribution < 1.29 is 0 Å². The number of nitrogens with zero attached hydrogens (tertiary/aromatic N) is 1. The van der Waals surface area contributed by atoms with Gasteiger partial charge in [0, 0.05) is 0 Å². The van der Waals surface area contributed by atoms with Crippen molar-refractivity contribution in [3.8, 4) is 0 Å². The summed E-state index contributed by atoms with van der Waals surface area (Å²) in [5, 5.41) is 0. The van der Waals surface area contributed by atoms with Gasteiger partial charge in [0.25, 0.3) is 0 Å². The molecule has 0 atom stereocenters. The molecule has 0 amide bonds. The highest BCUT2D eigenvalue weighted by molar-refractivity contribution is 9.11. The van der Waals surface area contributed by atoms with Crippen LogP contribution in [0.5, 0.6) is 0 Å². The predicted molar refractivity (Wildman–Crippen MR) is 40.1 cm³/mol. The fourth-order valence-electron chi connectivity index (χ4n) is 0.200. The molecule has 0 radical (unpaired) electrons. The van der Waals surface area contributed by atoms with E-state index in [-0.39, 0.29) is 17.0 Å². The van der Waals surface area contributed by atoms with Gasteiger partial charge in [-0.15, -0.1) is 28.3 Å². The van der Waals surface area contributed by atoms with Crippen LogP contribution in [-0.4, -0.2) is 4.98 Å². The molecule has 0 N–H and O–H groups in total. The van der Waals surface area contributed by atoms with Crippen molar-refractivity contribution in [2.24, 2.45) is 0 Å². The molecule has 0 aromatic carbocycles. The van der Waals surface area contributed by atoms with E-state index in [1.54, 1.807) is 23.0 Å². The third-order valence-electron chi connectivity index (χ3n) is 0.402. The highest BCUT2D eigenvalue weighted by Crippen LogP contribution is 2.12. The molecule has 0 unspecified atom stereocenters. The zero-order valence-corrected chi connectivity index (χ0v) is 7.41. The Hall–Kier alpha value is 0.590. The average Bonchev–Trinajstić information content (AvgIpc) is 1.86. The first kappa shape index (κ1) is 7.59. The molecule has 0 saturated heterocycles. The summed E-state index contributed by atoms with van der Waals surface area (Å²) in [5.74, 6) is 0. The van der Waals surface area contributed by atoms with E-state index in [4.69, 9.17) is 0 Å². The lowest BCUT2D eigenvalue weighted by atomic mass is 11.0. The van der Waals surface area contributed by atoms with Crippen LogP contribution < -0.4 is 0 Å². The molecule has 1 nitrogen and oxygen atoms in total. The van der Waals surface area contributed by atoms with Gasteiger partial charge in [0.2, 0.25) is 0 Å². The summed E-state index contributed by atoms with van der Waals surface area (Å²) < 4.78 is 1.09. The zero-order valence-electron chi connectivity index (χ0n) is 3.30. The van der Waals surface area contributed by atoms with Gasteiger partial charge < -0.3 is 0 Å². The van der Waals surface area contributed by atoms with Gasteiger partial charge in [-0.3, -0.25) is 4.98 Å². The second-order valence-electron chi connectivity index (χ2n) is 0.806. The van der Waals surface area contributed by atoms with Crippen LogP contribution in [0.15, 0.2) is 15.5 Å². The van der Waals surface area contributed by atoms with Gasteiger partial charge in [0.15, 0.2) is 0 Å². The minimum Gasteiger partial charge on any atom is -0.252 e. The van der Waals surface area contributed by atoms with Gasteiger partial charge in [-0.25, -0.2) is 0 Å². The first-order chi connectivity index (χ1) is 2.89. The second-order valence-corrected chi connectivity index (χ2v) is 3.07. The molecule has 1 heterocycles. The lowest BCUT2D eigenvalue weighted by molar-refractivity contribution is 1.42. The lowest BCUT2D eigenvalue weighted by Crippen LogP contribution is -1.41. The van der Waals surface area contributed by atoms with Crippen LogP contribution in [0.3, 0.4) is 0 Å². The van der Waals surface area contributed by atoms with Crippen LogP contribution in [0.4, 0.5) is 0 Å². The molecule has 0 fully saturated rings. The fraction of sp³-hybridized carbons (Fsp3) is 0. The zero-order chi connectivity index (χ0) is 4.41. The molecular formula is C3H3Br2NS. The van der Waals surface area contributed by atoms with Crippen molar-refractivity contribution in [3.63, 3.8) is 0 Å². The predicted octanol–water partition coefficient (Wildman–Crippen LogP) is 2.48. The number of halogens is 2. The highest BCUT2D eigenvalue weighted by Gasteiger charge is 1.78. The smallest absolute Gasteiger partial charge is 0.0896 e. The van der Waals surface area contributed by atoms with Crippen LogP contribution in [-0.2, 0) is 0 Å². The SMILES string of the molecule is Br.Brc1cncs1. The number of hydrogen-bond acceptors (Lipinski definition) is 2. The molecule has 0 aliphatic heterocycles. The third kappa shape index (κ3) is 2.41. The molecule has 40 valence electrons. The maximum Gasteiger partial charge on any atom is 0.0896 e. The minimum absolute atomic E-state index is 0. The maximum absolute atomic E-state index is 3.79. The van der Waals surface area contributed by atoms with Crippen LogP contribution in [0.2, 0.25) is 0 Å². The van der Waals surface area contributed by atoms with E-state index in [1.807, 2.05) is 0 Å². The Balaban J connectivity index is 0.000000360. The minimum atomic E-state index is 0. The normalized spacial score (nSPS) is 7.57. The first-order valence-corrected chi connectivity index (χ1v) is 3.11. The van der Waals surface area contributed by atoms with E-state index in [2.05, 4.69) is 20.9 Å². The Morgan fingerprint density at radius 3 is 2.57 bits per heavy atom. The Bertz CT molecular complexity index is 116. The van der Waals surface area contributed by atoms with Crippen molar-refractivity contribution >= 4 is 44.2 Å². The number of rotatable bonds is 0. The van der Waals surface area contributed by atoms with Crippen molar-refractivity contribution in [1.82, 2.24) is 4.98 Å². The standard InChI is InChI=1S/C3H2BrNS.BrH/c4-3-1-5-2-6-3;/h1-2H;1H. The van der Waals surface area contributed by atoms with Gasteiger partial charge in [-0.05, 0) is 15.9 Å². The summed E-state index contributed by atoms with van der Waals surface area (Å²) in [7, 11) is 0. The summed E-state index contributed by atoms with van der Waals surface area (Å²) in [6, 6.07) is 0. The van der Waals surface area contributed by atoms with Crippen LogP contribution in [0.1, 0.15) is 0 Å². The van der Waals surface area contributed by atoms with Crippen molar-refractivity contribution in [3.05, 3.63) is 15.5 Å². The highest BCUT2D eigenvalue weighted by atomic mass is 79.9. The Kier molecular flexibility index (Phi) is 3.88. The topological polar surface area (TPSA) is 12.9 Å². The molecule has 0 spiro atoms. The second kappa shape index (κ2) is 3.57. The molecular weight excluding hydrogens is 242 g/mol. The van der Waals surface area contributed by atoms with Crippen molar-refractivity contribution in [2.45, 2.75) is 0 Å². The summed E-state index contributed by atoms with van der Waals surface area (Å²) >= 11 is 4.82. The summed E-state index contributed by atoms with van der Waals surface area (Å²) in [6.45, 7) is 0. The van der Waals surface area contributed by atoms with Gasteiger partial charge in [-0.2, -0.15) is 0 Å². The van der Waals surface area contributed by atoms with E-state index < -0.39 is 0 Å². The molecule has 1 rings (SSSR count). The maximum atomic E-state index is 3.79. The van der Waals surface area contributed by atoms with Gasteiger partial charge >= 0.3 is 0 Å². The summed E-state index contributed by atoms with van der Waals surface area (Å²) in [6.07, 6.45) is 1.77. The van der Waals surface area contributed by atoms with E-state index in [1.165, 1.54) is 0 Å². The van der Waals surface area contributed by atoms with E-state index in [0.29, 0.717) is 0 Å². The van der Waals surface area contributed by atoms with Crippen LogP contribution >= 0.6 is 44.2 Å². The number of thiazole rings is 1. The molecule has 4 heteroatoms. The van der Waals surface area contributed by atoms with E-state index in [9.17, 15) is 0 Å². The van der Waals surface area contributed by atoms with Crippen LogP contribution in [0.25, 0.3) is 0 Å². The average molecular weight is 245 g/mol. The quantitative estimate of drug-likeness (QED) is 0.684. The Morgan fingerprint density at radius 1 is 1.71 bits per heavy atom. The first-order valence-electron chi connectivity index (χ1n) is 1.43. The molecule has 7 heavy (non-hydrogen) atoms. The number of aromatic nitrogens is 1. The van der Waals surface area contributed by atoms with Crippen LogP contribution in [0, 0.1) is 0 Å². The Labute approximate surface area is 64.7 Å². The van der Waals surface area contributed by atoms with Crippen molar-refractivity contribution in [1.29, 1.82) is 0 Å². The monoisotopic (exact) mass is 243 g/mol. The van der Waals surface area contributed by atoms with Crippen molar-refractivity contribution in [2.75, 3.05) is 0 Å². The molecule has 0 bridgehead atoms. The molecule has 1 aromatic heterocycles. The molecule has 1 aromatic rings. The van der Waals surface area contributed by atoms with E-state index in [0.717, 1.165) is 3.79 Å². The summed E-state index contributed by atoms with van der Waals surface area (Å²) in [5.41, 5.74) is 1.78. The van der Waals surface area contributed by atoms with E-state index >= 15 is 0 Å².